The highest BCUT2D eigenvalue weighted by molar-refractivity contribution is 6.74. The molecule has 1 aromatic carbocycles. The van der Waals surface area contributed by atoms with E-state index in [2.05, 4.69) is 9.97 Å². The number of ether oxygens (including phenoxy) is 2. The molecular formula is C31H44F4N4O4Si. The predicted octanol–water partition coefficient (Wildman–Crippen LogP) is 7.31. The number of fused-ring (bicyclic) bond motifs is 3. The van der Waals surface area contributed by atoms with Crippen molar-refractivity contribution in [2.45, 2.75) is 109 Å². The molecule has 1 aliphatic carbocycles. The summed E-state index contributed by atoms with van der Waals surface area (Å²) in [4.78, 5) is 25.5. The van der Waals surface area contributed by atoms with E-state index in [1.807, 2.05) is 66.5 Å². The molecule has 3 fully saturated rings. The molecule has 0 spiro atoms. The average molecular weight is 641 g/mol. The molecule has 3 aliphatic rings. The van der Waals surface area contributed by atoms with E-state index in [1.165, 1.54) is 0 Å². The number of benzene rings is 1. The van der Waals surface area contributed by atoms with Gasteiger partial charge in [-0.05, 0) is 64.7 Å². The second-order valence-electron chi connectivity index (χ2n) is 15.5. The highest BCUT2D eigenvalue weighted by Gasteiger charge is 2.72. The first-order chi connectivity index (χ1) is 20.1. The number of rotatable bonds is 7. The van der Waals surface area contributed by atoms with Crippen LogP contribution >= 0.6 is 0 Å². The van der Waals surface area contributed by atoms with E-state index in [4.69, 9.17) is 13.9 Å². The zero-order chi connectivity index (χ0) is 32.7. The van der Waals surface area contributed by atoms with Gasteiger partial charge in [0.1, 0.15) is 29.4 Å². The lowest BCUT2D eigenvalue weighted by Gasteiger charge is -2.47. The van der Waals surface area contributed by atoms with Gasteiger partial charge in [-0.1, -0.05) is 20.8 Å². The van der Waals surface area contributed by atoms with Crippen molar-refractivity contribution in [2.24, 2.45) is 5.41 Å². The Hall–Kier alpha value is -2.67. The highest BCUT2D eigenvalue weighted by atomic mass is 28.4. The largest absolute Gasteiger partial charge is 0.462 e. The summed E-state index contributed by atoms with van der Waals surface area (Å²) >= 11 is 0. The predicted molar refractivity (Wildman–Crippen MR) is 162 cm³/mol. The third-order valence-corrected chi connectivity index (χ3v) is 14.2. The molecule has 2 bridgehead atoms. The summed E-state index contributed by atoms with van der Waals surface area (Å²) in [6.07, 6.45) is 0.606. The lowest BCUT2D eigenvalue weighted by atomic mass is 9.97. The van der Waals surface area contributed by atoms with E-state index < -0.39 is 61.6 Å². The van der Waals surface area contributed by atoms with Crippen molar-refractivity contribution in [1.29, 1.82) is 0 Å². The number of alkyl halides is 2. The summed E-state index contributed by atoms with van der Waals surface area (Å²) in [5, 5.41) is -0.0253. The Morgan fingerprint density at radius 3 is 2.32 bits per heavy atom. The molecule has 2 aromatic rings. The minimum atomic E-state index is -2.99. The first-order valence-electron chi connectivity index (χ1n) is 15.2. The fraction of sp³-hybridized carbons (Fsp3) is 0.710. The molecule has 8 nitrogen and oxygen atoms in total. The molecule has 1 saturated carbocycles. The number of halogens is 4. The van der Waals surface area contributed by atoms with E-state index >= 15 is 4.39 Å². The van der Waals surface area contributed by atoms with Gasteiger partial charge in [0.05, 0.1) is 17.0 Å². The van der Waals surface area contributed by atoms with Crippen LogP contribution in [0.4, 0.5) is 28.2 Å². The molecule has 2 saturated heterocycles. The number of hydrogen-bond acceptors (Lipinski definition) is 7. The molecule has 5 rings (SSSR count). The van der Waals surface area contributed by atoms with E-state index in [9.17, 15) is 18.0 Å². The van der Waals surface area contributed by atoms with Crippen molar-refractivity contribution < 1.29 is 36.3 Å². The molecule has 2 aliphatic heterocycles. The standard InChI is InChI=1S/C31H44F4N4O4Si/c1-27(2,3)43-26(40)39-20-10-11-29(39,7)16-38(14-20)24-21-12-19(32)13-22(33)23(21)36-25(37-24)41-17-30(15-31(30,34)35)18-42-44(8,9)28(4,5)6/h12-13,20H,10-11,14-18H2,1-9H3/t20-,29?,30+/m1/s1. The zero-order valence-electron chi connectivity index (χ0n) is 27.1. The first-order valence-corrected chi connectivity index (χ1v) is 18.1. The zero-order valence-corrected chi connectivity index (χ0v) is 28.1. The first kappa shape index (κ1) is 32.7. The topological polar surface area (TPSA) is 77.0 Å². The average Bonchev–Trinajstić information content (AvgIpc) is 3.34. The van der Waals surface area contributed by atoms with E-state index in [0.29, 0.717) is 25.9 Å². The number of amides is 1. The number of carbonyl (C=O) groups excluding carboxylic acids is 1. The summed E-state index contributed by atoms with van der Waals surface area (Å²) in [5.74, 6) is -4.48. The summed E-state index contributed by atoms with van der Waals surface area (Å²) < 4.78 is 76.7. The van der Waals surface area contributed by atoms with Crippen molar-refractivity contribution in [3.05, 3.63) is 23.8 Å². The Morgan fingerprint density at radius 2 is 1.75 bits per heavy atom. The van der Waals surface area contributed by atoms with Crippen LogP contribution < -0.4 is 9.64 Å². The van der Waals surface area contributed by atoms with Crippen LogP contribution in [0, 0.1) is 17.0 Å². The minimum absolute atomic E-state index is 0.135. The van der Waals surface area contributed by atoms with Crippen LogP contribution in [0.3, 0.4) is 0 Å². The minimum Gasteiger partial charge on any atom is -0.462 e. The third kappa shape index (κ3) is 5.98. The number of piperazine rings is 1. The number of anilines is 1. The molecule has 244 valence electrons. The molecule has 1 amide bonds. The summed E-state index contributed by atoms with van der Waals surface area (Å²) in [7, 11) is -2.32. The van der Waals surface area contributed by atoms with Gasteiger partial charge >= 0.3 is 12.1 Å². The molecule has 1 unspecified atom stereocenters. The van der Waals surface area contributed by atoms with Crippen LogP contribution in [-0.4, -0.2) is 78.7 Å². The second-order valence-corrected chi connectivity index (χ2v) is 20.3. The summed E-state index contributed by atoms with van der Waals surface area (Å²) in [6.45, 7) is 17.5. The monoisotopic (exact) mass is 640 g/mol. The lowest BCUT2D eigenvalue weighted by Crippen LogP contribution is -2.63. The quantitative estimate of drug-likeness (QED) is 0.232. The molecule has 3 atom stereocenters. The molecule has 13 heteroatoms. The number of nitrogens with zero attached hydrogens (tertiary/aromatic N) is 4. The summed E-state index contributed by atoms with van der Waals surface area (Å²) in [6, 6.07) is 1.38. The van der Waals surface area contributed by atoms with Gasteiger partial charge in [0.2, 0.25) is 0 Å². The van der Waals surface area contributed by atoms with E-state index in [-0.39, 0.29) is 40.4 Å². The Labute approximate surface area is 257 Å². The molecule has 3 heterocycles. The number of aromatic nitrogens is 2. The van der Waals surface area contributed by atoms with Gasteiger partial charge in [-0.3, -0.25) is 4.90 Å². The maximum atomic E-state index is 15.1. The van der Waals surface area contributed by atoms with Gasteiger partial charge in [0, 0.05) is 37.6 Å². The normalized spacial score (nSPS) is 26.7. The fourth-order valence-corrected chi connectivity index (χ4v) is 7.04. The van der Waals surface area contributed by atoms with Crippen LogP contribution in [0.2, 0.25) is 18.1 Å². The van der Waals surface area contributed by atoms with Crippen LogP contribution in [0.25, 0.3) is 10.9 Å². The van der Waals surface area contributed by atoms with Crippen LogP contribution in [0.5, 0.6) is 6.01 Å². The molecule has 44 heavy (non-hydrogen) atoms. The van der Waals surface area contributed by atoms with Gasteiger partial charge in [0.15, 0.2) is 14.1 Å². The van der Waals surface area contributed by atoms with Crippen LogP contribution in [0.15, 0.2) is 12.1 Å². The Kier molecular flexibility index (Phi) is 7.75. The van der Waals surface area contributed by atoms with Crippen molar-refractivity contribution in [2.75, 3.05) is 31.2 Å². The number of carbonyl (C=O) groups is 1. The number of hydrogen-bond donors (Lipinski definition) is 0. The van der Waals surface area contributed by atoms with Gasteiger partial charge in [-0.15, -0.1) is 0 Å². The van der Waals surface area contributed by atoms with Gasteiger partial charge in [0.25, 0.3) is 5.92 Å². The van der Waals surface area contributed by atoms with Gasteiger partial charge in [-0.2, -0.15) is 9.97 Å². The molecule has 1 aromatic heterocycles. The van der Waals surface area contributed by atoms with Crippen molar-refractivity contribution in [1.82, 2.24) is 14.9 Å². The molecule has 0 N–H and O–H groups in total. The maximum Gasteiger partial charge on any atom is 0.411 e. The van der Waals surface area contributed by atoms with E-state index in [1.54, 1.807) is 4.90 Å². The van der Waals surface area contributed by atoms with Gasteiger partial charge < -0.3 is 18.8 Å². The summed E-state index contributed by atoms with van der Waals surface area (Å²) in [5.41, 5.74) is -3.02. The van der Waals surface area contributed by atoms with Crippen LogP contribution in [0.1, 0.15) is 67.7 Å². The highest BCUT2D eigenvalue weighted by Crippen LogP contribution is 2.61. The Balaban J connectivity index is 1.43. The second kappa shape index (κ2) is 10.4. The van der Waals surface area contributed by atoms with Crippen molar-refractivity contribution in [3.8, 4) is 6.01 Å². The van der Waals surface area contributed by atoms with Crippen molar-refractivity contribution >= 4 is 31.1 Å². The molecule has 0 radical (unpaired) electrons. The van der Waals surface area contributed by atoms with Crippen LogP contribution in [-0.2, 0) is 9.16 Å². The van der Waals surface area contributed by atoms with E-state index in [0.717, 1.165) is 12.1 Å². The lowest BCUT2D eigenvalue weighted by molar-refractivity contribution is -0.00292. The molecular weight excluding hydrogens is 596 g/mol. The third-order valence-electron chi connectivity index (χ3n) is 9.70. The van der Waals surface area contributed by atoms with Crippen molar-refractivity contribution in [3.63, 3.8) is 0 Å². The Morgan fingerprint density at radius 1 is 1.09 bits per heavy atom. The van der Waals surface area contributed by atoms with Gasteiger partial charge in [-0.25, -0.2) is 22.4 Å². The smallest absolute Gasteiger partial charge is 0.411 e. The Bertz CT molecular complexity index is 1460. The maximum absolute atomic E-state index is 15.1. The SMILES string of the molecule is CC(C)(C)OC(=O)N1[C@@H]2CCC1(C)CN(c1nc(OC[C@]3(CO[Si](C)(C)C(C)(C)C)CC3(F)F)nc3c(F)cc(F)cc13)C2. The fourth-order valence-electron chi connectivity index (χ4n) is 5.97.